The summed E-state index contributed by atoms with van der Waals surface area (Å²) < 4.78 is 41.6. The predicted molar refractivity (Wildman–Crippen MR) is 71.9 cm³/mol. The van der Waals surface area contributed by atoms with Crippen LogP contribution in [0.3, 0.4) is 0 Å². The SMILES string of the molecule is Nc1nnc(SCc2cccc(OCC(F)(F)F)c2)s1. The Morgan fingerprint density at radius 1 is 1.30 bits per heavy atom. The second-order valence-electron chi connectivity index (χ2n) is 3.75. The van der Waals surface area contributed by atoms with Crippen LogP contribution < -0.4 is 10.5 Å². The molecule has 2 rings (SSSR count). The Morgan fingerprint density at radius 3 is 2.75 bits per heavy atom. The molecule has 108 valence electrons. The molecule has 2 aromatic rings. The molecule has 0 amide bonds. The Bertz CT molecular complexity index is 574. The number of nitrogen functional groups attached to an aromatic ring is 1. The summed E-state index contributed by atoms with van der Waals surface area (Å²) in [7, 11) is 0. The van der Waals surface area contributed by atoms with Crippen LogP contribution in [0.15, 0.2) is 28.6 Å². The number of anilines is 1. The maximum atomic E-state index is 12.1. The Hall–Kier alpha value is -1.48. The van der Waals surface area contributed by atoms with Crippen molar-refractivity contribution in [3.05, 3.63) is 29.8 Å². The van der Waals surface area contributed by atoms with E-state index in [0.717, 1.165) is 5.56 Å². The van der Waals surface area contributed by atoms with Crippen LogP contribution in [0.5, 0.6) is 5.75 Å². The van der Waals surface area contributed by atoms with Gasteiger partial charge in [-0.3, -0.25) is 0 Å². The molecular weight excluding hydrogens is 311 g/mol. The molecule has 0 aliphatic heterocycles. The monoisotopic (exact) mass is 321 g/mol. The lowest BCUT2D eigenvalue weighted by atomic mass is 10.2. The molecule has 0 atom stereocenters. The van der Waals surface area contributed by atoms with Gasteiger partial charge >= 0.3 is 6.18 Å². The van der Waals surface area contributed by atoms with Gasteiger partial charge in [0.2, 0.25) is 5.13 Å². The molecule has 2 N–H and O–H groups in total. The minimum atomic E-state index is -4.34. The van der Waals surface area contributed by atoms with Crippen LogP contribution in [0, 0.1) is 0 Å². The van der Waals surface area contributed by atoms with Crippen molar-refractivity contribution >= 4 is 28.2 Å². The molecule has 9 heteroatoms. The Kier molecular flexibility index (Phi) is 4.71. The van der Waals surface area contributed by atoms with Crippen LogP contribution in [0.4, 0.5) is 18.3 Å². The first-order chi connectivity index (χ1) is 9.42. The normalized spacial score (nSPS) is 11.6. The van der Waals surface area contributed by atoms with Crippen molar-refractivity contribution in [2.24, 2.45) is 0 Å². The number of nitrogens with two attached hydrogens (primary N) is 1. The number of nitrogens with zero attached hydrogens (tertiary/aromatic N) is 2. The summed E-state index contributed by atoms with van der Waals surface area (Å²) in [5, 5.41) is 7.91. The quantitative estimate of drug-likeness (QED) is 0.856. The fourth-order valence-electron chi connectivity index (χ4n) is 1.31. The van der Waals surface area contributed by atoms with Crippen LogP contribution in [-0.4, -0.2) is 23.0 Å². The molecule has 0 unspecified atom stereocenters. The van der Waals surface area contributed by atoms with E-state index in [2.05, 4.69) is 14.9 Å². The Labute approximate surface area is 121 Å². The summed E-state index contributed by atoms with van der Waals surface area (Å²) in [6, 6.07) is 6.51. The highest BCUT2D eigenvalue weighted by Gasteiger charge is 2.28. The van der Waals surface area contributed by atoms with Crippen molar-refractivity contribution in [1.82, 2.24) is 10.2 Å². The van der Waals surface area contributed by atoms with E-state index in [1.165, 1.54) is 29.2 Å². The minimum absolute atomic E-state index is 0.192. The highest BCUT2D eigenvalue weighted by Crippen LogP contribution is 2.28. The van der Waals surface area contributed by atoms with Crippen LogP contribution in [-0.2, 0) is 5.75 Å². The van der Waals surface area contributed by atoms with Crippen LogP contribution >= 0.6 is 23.1 Å². The van der Waals surface area contributed by atoms with Gasteiger partial charge in [-0.15, -0.1) is 10.2 Å². The molecule has 4 nitrogen and oxygen atoms in total. The molecule has 1 aromatic heterocycles. The lowest BCUT2D eigenvalue weighted by Crippen LogP contribution is -2.19. The molecule has 0 bridgehead atoms. The lowest BCUT2D eigenvalue weighted by molar-refractivity contribution is -0.153. The van der Waals surface area contributed by atoms with E-state index in [-0.39, 0.29) is 5.75 Å². The number of thioether (sulfide) groups is 1. The molecule has 0 aliphatic rings. The maximum absolute atomic E-state index is 12.1. The number of hydrogen-bond acceptors (Lipinski definition) is 6. The summed E-state index contributed by atoms with van der Waals surface area (Å²) in [6.07, 6.45) is -4.34. The summed E-state index contributed by atoms with van der Waals surface area (Å²) in [6.45, 7) is -1.30. The average Bonchev–Trinajstić information content (AvgIpc) is 2.80. The minimum Gasteiger partial charge on any atom is -0.484 e. The third-order valence-electron chi connectivity index (χ3n) is 2.09. The van der Waals surface area contributed by atoms with Crippen molar-refractivity contribution < 1.29 is 17.9 Å². The van der Waals surface area contributed by atoms with Gasteiger partial charge in [0, 0.05) is 5.75 Å². The Morgan fingerprint density at radius 2 is 2.10 bits per heavy atom. The van der Waals surface area contributed by atoms with Gasteiger partial charge in [0.25, 0.3) is 0 Å². The van der Waals surface area contributed by atoms with E-state index >= 15 is 0 Å². The van der Waals surface area contributed by atoms with E-state index < -0.39 is 12.8 Å². The van der Waals surface area contributed by atoms with Gasteiger partial charge in [0.15, 0.2) is 10.9 Å². The fraction of sp³-hybridized carbons (Fsp3) is 0.273. The number of benzene rings is 1. The van der Waals surface area contributed by atoms with Gasteiger partial charge in [0.05, 0.1) is 0 Å². The molecule has 0 saturated heterocycles. The molecular formula is C11H10F3N3OS2. The average molecular weight is 321 g/mol. The molecule has 1 aromatic carbocycles. The van der Waals surface area contributed by atoms with Gasteiger partial charge in [-0.25, -0.2) is 0 Å². The third kappa shape index (κ3) is 4.89. The molecule has 0 saturated carbocycles. The maximum Gasteiger partial charge on any atom is 0.422 e. The van der Waals surface area contributed by atoms with Crippen LogP contribution in [0.2, 0.25) is 0 Å². The number of alkyl halides is 3. The zero-order valence-corrected chi connectivity index (χ0v) is 11.7. The number of ether oxygens (including phenoxy) is 1. The van der Waals surface area contributed by atoms with Crippen molar-refractivity contribution in [3.8, 4) is 5.75 Å². The number of aromatic nitrogens is 2. The first-order valence-electron chi connectivity index (χ1n) is 5.43. The van der Waals surface area contributed by atoms with Crippen molar-refractivity contribution in [3.63, 3.8) is 0 Å². The number of rotatable bonds is 5. The molecule has 1 heterocycles. The zero-order chi connectivity index (χ0) is 14.6. The van der Waals surface area contributed by atoms with E-state index in [0.29, 0.717) is 15.2 Å². The molecule has 20 heavy (non-hydrogen) atoms. The molecule has 0 aliphatic carbocycles. The van der Waals surface area contributed by atoms with Crippen LogP contribution in [0.1, 0.15) is 5.56 Å². The smallest absolute Gasteiger partial charge is 0.422 e. The van der Waals surface area contributed by atoms with E-state index in [4.69, 9.17) is 5.73 Å². The van der Waals surface area contributed by atoms with E-state index in [1.54, 1.807) is 18.2 Å². The number of hydrogen-bond donors (Lipinski definition) is 1. The Balaban J connectivity index is 1.92. The van der Waals surface area contributed by atoms with Gasteiger partial charge in [0.1, 0.15) is 5.75 Å². The van der Waals surface area contributed by atoms with Gasteiger partial charge < -0.3 is 10.5 Å². The largest absolute Gasteiger partial charge is 0.484 e. The summed E-state index contributed by atoms with van der Waals surface area (Å²) in [4.78, 5) is 0. The predicted octanol–water partition coefficient (Wildman–Crippen LogP) is 3.35. The highest BCUT2D eigenvalue weighted by molar-refractivity contribution is 8.00. The van der Waals surface area contributed by atoms with Gasteiger partial charge in [-0.1, -0.05) is 35.2 Å². The van der Waals surface area contributed by atoms with Gasteiger partial charge in [-0.05, 0) is 17.7 Å². The molecule has 0 spiro atoms. The topological polar surface area (TPSA) is 61.0 Å². The van der Waals surface area contributed by atoms with Crippen molar-refractivity contribution in [2.45, 2.75) is 16.3 Å². The van der Waals surface area contributed by atoms with E-state index in [1.807, 2.05) is 0 Å². The highest BCUT2D eigenvalue weighted by atomic mass is 32.2. The van der Waals surface area contributed by atoms with Crippen molar-refractivity contribution in [1.29, 1.82) is 0 Å². The first kappa shape index (κ1) is 14.9. The van der Waals surface area contributed by atoms with E-state index in [9.17, 15) is 13.2 Å². The first-order valence-corrected chi connectivity index (χ1v) is 7.23. The fourth-order valence-corrected chi connectivity index (χ4v) is 2.89. The number of halogens is 3. The lowest BCUT2D eigenvalue weighted by Gasteiger charge is -2.09. The van der Waals surface area contributed by atoms with Crippen molar-refractivity contribution in [2.75, 3.05) is 12.3 Å². The second-order valence-corrected chi connectivity index (χ2v) is 5.98. The molecule has 0 radical (unpaired) electrons. The summed E-state index contributed by atoms with van der Waals surface area (Å²) >= 11 is 2.68. The summed E-state index contributed by atoms with van der Waals surface area (Å²) in [5.41, 5.74) is 6.29. The van der Waals surface area contributed by atoms with Crippen LogP contribution in [0.25, 0.3) is 0 Å². The second kappa shape index (κ2) is 6.31. The summed E-state index contributed by atoms with van der Waals surface area (Å²) in [5.74, 6) is 0.745. The van der Waals surface area contributed by atoms with Gasteiger partial charge in [-0.2, -0.15) is 13.2 Å². The standard InChI is InChI=1S/C11H10F3N3OS2/c12-11(13,14)6-18-8-3-1-2-7(4-8)5-19-10-17-16-9(15)20-10/h1-4H,5-6H2,(H2,15,16). The zero-order valence-electron chi connectivity index (χ0n) is 10.1. The third-order valence-corrected chi connectivity index (χ3v) is 4.04. The molecule has 0 fully saturated rings.